The Morgan fingerprint density at radius 1 is 1.33 bits per heavy atom. The molecule has 2 bridgehead atoms. The molecule has 0 radical (unpaired) electrons. The second-order valence-electron chi connectivity index (χ2n) is 7.10. The molecule has 4 atom stereocenters. The Morgan fingerprint density at radius 2 is 2.10 bits per heavy atom. The third-order valence-electron chi connectivity index (χ3n) is 5.34. The fourth-order valence-electron chi connectivity index (χ4n) is 4.49. The molecule has 2 fully saturated rings. The lowest BCUT2D eigenvalue weighted by Gasteiger charge is -2.45. The number of phenolic OH excluding ortho intramolecular Hbond substituents is 1. The van der Waals surface area contributed by atoms with Crippen molar-refractivity contribution in [3.8, 4) is 5.75 Å². The standard InChI is InChI=1S/C17H24FNO2/c1-19(2)10-15-12-4-3-11(7-12)9-17(15,21)14-8-13(20)5-6-16(14)18/h5-6,8,11-12,15,20-21H,3-4,7,9-10H2,1-2H3/t11-,12-,15-,17-/m0/s1. The second-order valence-corrected chi connectivity index (χ2v) is 7.10. The summed E-state index contributed by atoms with van der Waals surface area (Å²) in [6.07, 6.45) is 3.98. The quantitative estimate of drug-likeness (QED) is 0.900. The fraction of sp³-hybridized carbons (Fsp3) is 0.647. The predicted octanol–water partition coefficient (Wildman–Crippen LogP) is 2.72. The lowest BCUT2D eigenvalue weighted by atomic mass is 9.65. The van der Waals surface area contributed by atoms with Gasteiger partial charge in [0.25, 0.3) is 0 Å². The highest BCUT2D eigenvalue weighted by molar-refractivity contribution is 5.34. The minimum atomic E-state index is -1.17. The zero-order valence-corrected chi connectivity index (χ0v) is 12.7. The molecule has 0 saturated heterocycles. The van der Waals surface area contributed by atoms with Gasteiger partial charge in [-0.2, -0.15) is 0 Å². The molecule has 116 valence electrons. The van der Waals surface area contributed by atoms with Crippen molar-refractivity contribution in [3.05, 3.63) is 29.6 Å². The Hall–Kier alpha value is -1.13. The minimum Gasteiger partial charge on any atom is -0.508 e. The van der Waals surface area contributed by atoms with Crippen molar-refractivity contribution in [3.63, 3.8) is 0 Å². The summed E-state index contributed by atoms with van der Waals surface area (Å²) in [4.78, 5) is 2.06. The average molecular weight is 293 g/mol. The number of hydrogen-bond donors (Lipinski definition) is 2. The van der Waals surface area contributed by atoms with Crippen molar-refractivity contribution in [1.29, 1.82) is 0 Å². The molecule has 1 aromatic carbocycles. The summed E-state index contributed by atoms with van der Waals surface area (Å²) in [5.41, 5.74) is -0.900. The minimum absolute atomic E-state index is 0.0151. The van der Waals surface area contributed by atoms with Crippen LogP contribution in [0.2, 0.25) is 0 Å². The molecular formula is C17H24FNO2. The van der Waals surface area contributed by atoms with Crippen molar-refractivity contribution < 1.29 is 14.6 Å². The number of benzene rings is 1. The van der Waals surface area contributed by atoms with Crippen molar-refractivity contribution >= 4 is 0 Å². The summed E-state index contributed by atoms with van der Waals surface area (Å²) < 4.78 is 14.3. The van der Waals surface area contributed by atoms with E-state index in [-0.39, 0.29) is 17.2 Å². The molecule has 3 nitrogen and oxygen atoms in total. The summed E-state index contributed by atoms with van der Waals surface area (Å²) in [6.45, 7) is 0.739. The lowest BCUT2D eigenvalue weighted by molar-refractivity contribution is -0.0913. The van der Waals surface area contributed by atoms with Gasteiger partial charge in [0.15, 0.2) is 0 Å². The van der Waals surface area contributed by atoms with E-state index >= 15 is 0 Å². The molecule has 2 aliphatic rings. The van der Waals surface area contributed by atoms with Crippen LogP contribution in [0.1, 0.15) is 31.2 Å². The van der Waals surface area contributed by atoms with E-state index in [1.54, 1.807) is 0 Å². The van der Waals surface area contributed by atoms with Crippen molar-refractivity contribution in [2.75, 3.05) is 20.6 Å². The van der Waals surface area contributed by atoms with Gasteiger partial charge in [-0.25, -0.2) is 4.39 Å². The summed E-state index contributed by atoms with van der Waals surface area (Å²) >= 11 is 0. The Morgan fingerprint density at radius 3 is 2.81 bits per heavy atom. The van der Waals surface area contributed by atoms with Gasteiger partial charge in [-0.05, 0) is 63.4 Å². The molecule has 2 aliphatic carbocycles. The second kappa shape index (κ2) is 5.25. The van der Waals surface area contributed by atoms with Crippen LogP contribution in [0.4, 0.5) is 4.39 Å². The summed E-state index contributed by atoms with van der Waals surface area (Å²) in [6, 6.07) is 4.00. The van der Waals surface area contributed by atoms with Crippen LogP contribution in [0, 0.1) is 23.6 Å². The molecule has 2 N–H and O–H groups in total. The maximum absolute atomic E-state index is 14.3. The lowest BCUT2D eigenvalue weighted by Crippen LogP contribution is -2.47. The summed E-state index contributed by atoms with van der Waals surface area (Å²) in [7, 11) is 3.97. The maximum Gasteiger partial charge on any atom is 0.129 e. The topological polar surface area (TPSA) is 43.7 Å². The Labute approximate surface area is 125 Å². The molecule has 0 aliphatic heterocycles. The van der Waals surface area contributed by atoms with Gasteiger partial charge in [0.05, 0.1) is 5.60 Å². The highest BCUT2D eigenvalue weighted by Crippen LogP contribution is 2.54. The van der Waals surface area contributed by atoms with E-state index < -0.39 is 11.4 Å². The number of phenols is 1. The SMILES string of the molecule is CN(C)C[C@H]1[C@H]2CC[C@@H](C2)C[C@]1(O)c1cc(O)ccc1F. The van der Waals surface area contributed by atoms with Gasteiger partial charge < -0.3 is 15.1 Å². The third kappa shape index (κ3) is 2.55. The smallest absolute Gasteiger partial charge is 0.129 e. The van der Waals surface area contributed by atoms with Gasteiger partial charge in [0.1, 0.15) is 11.6 Å². The van der Waals surface area contributed by atoms with Crippen LogP contribution in [0.3, 0.4) is 0 Å². The molecule has 3 rings (SSSR count). The van der Waals surface area contributed by atoms with Gasteiger partial charge in [-0.1, -0.05) is 6.42 Å². The number of aliphatic hydroxyl groups is 1. The van der Waals surface area contributed by atoms with Crippen LogP contribution in [-0.4, -0.2) is 35.8 Å². The van der Waals surface area contributed by atoms with Crippen LogP contribution in [0.25, 0.3) is 0 Å². The van der Waals surface area contributed by atoms with E-state index in [0.717, 1.165) is 25.8 Å². The Balaban J connectivity index is 2.04. The highest BCUT2D eigenvalue weighted by Gasteiger charge is 2.52. The zero-order valence-electron chi connectivity index (χ0n) is 12.7. The molecule has 4 heteroatoms. The van der Waals surface area contributed by atoms with Crippen LogP contribution < -0.4 is 0 Å². The maximum atomic E-state index is 14.3. The van der Waals surface area contributed by atoms with E-state index in [0.29, 0.717) is 18.3 Å². The van der Waals surface area contributed by atoms with E-state index in [2.05, 4.69) is 4.90 Å². The van der Waals surface area contributed by atoms with Crippen molar-refractivity contribution in [1.82, 2.24) is 4.90 Å². The number of rotatable bonds is 3. The molecule has 0 heterocycles. The first-order valence-corrected chi connectivity index (χ1v) is 7.76. The van der Waals surface area contributed by atoms with E-state index in [1.807, 2.05) is 14.1 Å². The average Bonchev–Trinajstić information content (AvgIpc) is 2.81. The summed E-state index contributed by atoms with van der Waals surface area (Å²) in [5.74, 6) is 0.530. The molecule has 21 heavy (non-hydrogen) atoms. The van der Waals surface area contributed by atoms with Crippen molar-refractivity contribution in [2.24, 2.45) is 17.8 Å². The van der Waals surface area contributed by atoms with E-state index in [4.69, 9.17) is 0 Å². The molecule has 2 saturated carbocycles. The van der Waals surface area contributed by atoms with Crippen LogP contribution in [-0.2, 0) is 5.60 Å². The first-order valence-electron chi connectivity index (χ1n) is 7.76. The number of nitrogens with zero attached hydrogens (tertiary/aromatic N) is 1. The molecule has 1 aromatic rings. The number of halogens is 1. The van der Waals surface area contributed by atoms with Crippen LogP contribution in [0.15, 0.2) is 18.2 Å². The Kier molecular flexibility index (Phi) is 3.70. The molecule has 0 unspecified atom stereocenters. The molecule has 0 amide bonds. The zero-order chi connectivity index (χ0) is 15.2. The van der Waals surface area contributed by atoms with Gasteiger partial charge in [-0.15, -0.1) is 0 Å². The van der Waals surface area contributed by atoms with Crippen LogP contribution >= 0.6 is 0 Å². The number of hydrogen-bond acceptors (Lipinski definition) is 3. The van der Waals surface area contributed by atoms with Crippen LogP contribution in [0.5, 0.6) is 5.75 Å². The number of fused-ring (bicyclic) bond motifs is 2. The molecule has 0 aromatic heterocycles. The fourth-order valence-corrected chi connectivity index (χ4v) is 4.49. The summed E-state index contributed by atoms with van der Waals surface area (Å²) in [5, 5.41) is 21.1. The van der Waals surface area contributed by atoms with Gasteiger partial charge in [0, 0.05) is 18.0 Å². The first-order chi connectivity index (χ1) is 9.90. The largest absolute Gasteiger partial charge is 0.508 e. The number of aromatic hydroxyl groups is 1. The Bertz CT molecular complexity index is 534. The van der Waals surface area contributed by atoms with Gasteiger partial charge in [0.2, 0.25) is 0 Å². The van der Waals surface area contributed by atoms with E-state index in [1.165, 1.54) is 18.2 Å². The first kappa shape index (κ1) is 14.8. The van der Waals surface area contributed by atoms with Gasteiger partial charge >= 0.3 is 0 Å². The molecular weight excluding hydrogens is 269 g/mol. The monoisotopic (exact) mass is 293 g/mol. The molecule has 0 spiro atoms. The normalized spacial score (nSPS) is 35.4. The predicted molar refractivity (Wildman–Crippen MR) is 79.5 cm³/mol. The van der Waals surface area contributed by atoms with E-state index in [9.17, 15) is 14.6 Å². The van der Waals surface area contributed by atoms with Crippen molar-refractivity contribution in [2.45, 2.75) is 31.3 Å². The highest BCUT2D eigenvalue weighted by atomic mass is 19.1. The third-order valence-corrected chi connectivity index (χ3v) is 5.34. The van der Waals surface area contributed by atoms with Gasteiger partial charge in [-0.3, -0.25) is 0 Å².